The largest absolute Gasteiger partial charge is 0.387 e. The smallest absolute Gasteiger partial charge is 0.0940 e. The fourth-order valence-corrected chi connectivity index (χ4v) is 2.71. The first-order valence-corrected chi connectivity index (χ1v) is 7.23. The van der Waals surface area contributed by atoms with Gasteiger partial charge in [-0.3, -0.25) is 0 Å². The molecule has 110 valence electrons. The second-order valence-corrected chi connectivity index (χ2v) is 6.52. The van der Waals surface area contributed by atoms with Crippen LogP contribution in [0.25, 0.3) is 21.8 Å². The van der Waals surface area contributed by atoms with Crippen LogP contribution in [0.1, 0.15) is 26.3 Å². The molecule has 0 aliphatic carbocycles. The van der Waals surface area contributed by atoms with Gasteiger partial charge in [0, 0.05) is 28.2 Å². The highest BCUT2D eigenvalue weighted by atomic mass is 16.3. The zero-order valence-electron chi connectivity index (χ0n) is 12.6. The molecule has 0 spiro atoms. The number of nitrogens with one attached hydrogen (secondary N) is 1. The summed E-state index contributed by atoms with van der Waals surface area (Å²) in [7, 11) is 0. The summed E-state index contributed by atoms with van der Waals surface area (Å²) in [4.78, 5) is 3.40. The Balaban J connectivity index is 2.19. The van der Waals surface area contributed by atoms with Crippen molar-refractivity contribution >= 4 is 21.8 Å². The number of rotatable bonds is 3. The van der Waals surface area contributed by atoms with E-state index in [-0.39, 0.29) is 0 Å². The first-order valence-electron chi connectivity index (χ1n) is 7.23. The molecule has 1 aromatic heterocycles. The van der Waals surface area contributed by atoms with Gasteiger partial charge < -0.3 is 15.2 Å². The Hall–Kier alpha value is -1.84. The van der Waals surface area contributed by atoms with E-state index in [1.54, 1.807) is 20.8 Å². The van der Waals surface area contributed by atoms with Gasteiger partial charge in [-0.05, 0) is 38.5 Å². The van der Waals surface area contributed by atoms with E-state index in [1.807, 2.05) is 36.4 Å². The summed E-state index contributed by atoms with van der Waals surface area (Å²) in [6.45, 7) is 4.96. The number of hydrogen-bond acceptors (Lipinski definition) is 2. The SMILES string of the molecule is CC(C)(O)C(C)(O)Cc1cccc2[nH]c3ccccc3c12. The minimum absolute atomic E-state index is 0.398. The lowest BCUT2D eigenvalue weighted by Crippen LogP contribution is -2.49. The molecule has 0 saturated carbocycles. The van der Waals surface area contributed by atoms with E-state index >= 15 is 0 Å². The van der Waals surface area contributed by atoms with Crippen molar-refractivity contribution < 1.29 is 10.2 Å². The maximum Gasteiger partial charge on any atom is 0.0940 e. The van der Waals surface area contributed by atoms with Crippen molar-refractivity contribution in [3.63, 3.8) is 0 Å². The van der Waals surface area contributed by atoms with Gasteiger partial charge in [0.05, 0.1) is 11.2 Å². The Labute approximate surface area is 124 Å². The number of benzene rings is 2. The number of aliphatic hydroxyl groups is 2. The maximum atomic E-state index is 10.6. The summed E-state index contributed by atoms with van der Waals surface area (Å²) in [5.41, 5.74) is 0.821. The highest BCUT2D eigenvalue weighted by Gasteiger charge is 2.37. The summed E-state index contributed by atoms with van der Waals surface area (Å²) >= 11 is 0. The molecule has 3 N–H and O–H groups in total. The van der Waals surface area contributed by atoms with Crippen LogP contribution >= 0.6 is 0 Å². The Morgan fingerprint density at radius 2 is 1.57 bits per heavy atom. The topological polar surface area (TPSA) is 56.2 Å². The summed E-state index contributed by atoms with van der Waals surface area (Å²) < 4.78 is 0. The van der Waals surface area contributed by atoms with E-state index < -0.39 is 11.2 Å². The third kappa shape index (κ3) is 2.33. The normalized spacial score (nSPS) is 15.5. The van der Waals surface area contributed by atoms with E-state index in [4.69, 9.17) is 0 Å². The lowest BCUT2D eigenvalue weighted by molar-refractivity contribution is -0.118. The highest BCUT2D eigenvalue weighted by Crippen LogP contribution is 2.33. The fraction of sp³-hybridized carbons (Fsp3) is 0.333. The summed E-state index contributed by atoms with van der Waals surface area (Å²) in [5.74, 6) is 0. The number of H-pyrrole nitrogens is 1. The Kier molecular flexibility index (Phi) is 3.08. The summed E-state index contributed by atoms with van der Waals surface area (Å²) in [5, 5.41) is 23.1. The third-order valence-electron chi connectivity index (χ3n) is 4.47. The quantitative estimate of drug-likeness (QED) is 0.690. The zero-order chi connectivity index (χ0) is 15.3. The Morgan fingerprint density at radius 3 is 2.29 bits per heavy atom. The van der Waals surface area contributed by atoms with Crippen LogP contribution in [0.15, 0.2) is 42.5 Å². The molecule has 0 saturated heterocycles. The van der Waals surface area contributed by atoms with Crippen molar-refractivity contribution in [2.75, 3.05) is 0 Å². The van der Waals surface area contributed by atoms with Crippen LogP contribution in [0, 0.1) is 0 Å². The average molecular weight is 283 g/mol. The van der Waals surface area contributed by atoms with Crippen molar-refractivity contribution in [3.8, 4) is 0 Å². The molecular weight excluding hydrogens is 262 g/mol. The second-order valence-electron chi connectivity index (χ2n) is 6.52. The number of para-hydroxylation sites is 1. The minimum Gasteiger partial charge on any atom is -0.387 e. The highest BCUT2D eigenvalue weighted by molar-refractivity contribution is 6.08. The molecule has 0 aliphatic heterocycles. The van der Waals surface area contributed by atoms with Gasteiger partial charge in [-0.15, -0.1) is 0 Å². The van der Waals surface area contributed by atoms with Crippen LogP contribution in [-0.4, -0.2) is 26.4 Å². The molecule has 0 aliphatic rings. The lowest BCUT2D eigenvalue weighted by atomic mass is 9.81. The van der Waals surface area contributed by atoms with Crippen LogP contribution in [0.4, 0.5) is 0 Å². The van der Waals surface area contributed by atoms with Crippen molar-refractivity contribution in [3.05, 3.63) is 48.0 Å². The standard InChI is InChI=1S/C18H21NO2/c1-17(2,20)18(3,21)11-12-7-6-10-15-16(12)13-8-4-5-9-14(13)19-15/h4-10,19-21H,11H2,1-3H3. The number of hydrogen-bond donors (Lipinski definition) is 3. The number of aromatic amines is 1. The van der Waals surface area contributed by atoms with Gasteiger partial charge >= 0.3 is 0 Å². The van der Waals surface area contributed by atoms with Gasteiger partial charge in [0.25, 0.3) is 0 Å². The van der Waals surface area contributed by atoms with Crippen molar-refractivity contribution in [2.24, 2.45) is 0 Å². The predicted octanol–water partition coefficient (Wildman–Crippen LogP) is 3.39. The Morgan fingerprint density at radius 1 is 0.905 bits per heavy atom. The van der Waals surface area contributed by atoms with Crippen LogP contribution in [0.2, 0.25) is 0 Å². The van der Waals surface area contributed by atoms with E-state index in [0.717, 1.165) is 27.4 Å². The van der Waals surface area contributed by atoms with E-state index in [0.29, 0.717) is 6.42 Å². The average Bonchev–Trinajstić information content (AvgIpc) is 2.76. The Bertz CT molecular complexity index is 794. The molecule has 0 radical (unpaired) electrons. The van der Waals surface area contributed by atoms with Gasteiger partial charge in [-0.25, -0.2) is 0 Å². The summed E-state index contributed by atoms with van der Waals surface area (Å²) in [6.07, 6.45) is 0.398. The summed E-state index contributed by atoms with van der Waals surface area (Å²) in [6, 6.07) is 14.2. The molecule has 1 heterocycles. The van der Waals surface area contributed by atoms with E-state index in [2.05, 4.69) is 11.1 Å². The molecule has 0 fully saturated rings. The van der Waals surface area contributed by atoms with E-state index in [9.17, 15) is 10.2 Å². The van der Waals surface area contributed by atoms with Gasteiger partial charge in [-0.2, -0.15) is 0 Å². The zero-order valence-corrected chi connectivity index (χ0v) is 12.6. The third-order valence-corrected chi connectivity index (χ3v) is 4.47. The van der Waals surface area contributed by atoms with Gasteiger partial charge in [0.15, 0.2) is 0 Å². The predicted molar refractivity (Wildman–Crippen MR) is 86.4 cm³/mol. The van der Waals surface area contributed by atoms with E-state index in [1.165, 1.54) is 0 Å². The number of fused-ring (bicyclic) bond motifs is 3. The van der Waals surface area contributed by atoms with Gasteiger partial charge in [0.1, 0.15) is 0 Å². The minimum atomic E-state index is -1.19. The monoisotopic (exact) mass is 283 g/mol. The van der Waals surface area contributed by atoms with Crippen LogP contribution in [0.5, 0.6) is 0 Å². The molecule has 3 rings (SSSR count). The molecule has 21 heavy (non-hydrogen) atoms. The molecule has 1 atom stereocenters. The van der Waals surface area contributed by atoms with Crippen molar-refractivity contribution in [1.82, 2.24) is 4.98 Å². The van der Waals surface area contributed by atoms with Gasteiger partial charge in [0.2, 0.25) is 0 Å². The fourth-order valence-electron chi connectivity index (χ4n) is 2.71. The molecule has 2 aromatic carbocycles. The molecule has 3 nitrogen and oxygen atoms in total. The molecule has 3 aromatic rings. The first-order chi connectivity index (χ1) is 9.79. The molecule has 1 unspecified atom stereocenters. The molecule has 3 heteroatoms. The first kappa shape index (κ1) is 14.1. The van der Waals surface area contributed by atoms with Gasteiger partial charge in [-0.1, -0.05) is 30.3 Å². The van der Waals surface area contributed by atoms with Crippen LogP contribution < -0.4 is 0 Å². The molecule has 0 amide bonds. The second kappa shape index (κ2) is 4.58. The molecular formula is C18H21NO2. The van der Waals surface area contributed by atoms with Crippen molar-refractivity contribution in [1.29, 1.82) is 0 Å². The lowest BCUT2D eigenvalue weighted by Gasteiger charge is -2.36. The molecule has 0 bridgehead atoms. The van der Waals surface area contributed by atoms with Crippen LogP contribution in [0.3, 0.4) is 0 Å². The maximum absolute atomic E-state index is 10.6. The van der Waals surface area contributed by atoms with Crippen molar-refractivity contribution in [2.45, 2.75) is 38.4 Å². The van der Waals surface area contributed by atoms with Crippen LogP contribution in [-0.2, 0) is 6.42 Å². The number of aromatic nitrogens is 1.